The molecule has 0 spiro atoms. The monoisotopic (exact) mass is 544 g/mol. The molecule has 2 aliphatic heterocycles. The van der Waals surface area contributed by atoms with Crippen LogP contribution in [0.15, 0.2) is 131 Å². The van der Waals surface area contributed by atoms with E-state index in [-0.39, 0.29) is 40.8 Å². The van der Waals surface area contributed by atoms with E-state index in [2.05, 4.69) is 86.6 Å². The second-order valence-corrected chi connectivity index (χ2v) is 10.1. The summed E-state index contributed by atoms with van der Waals surface area (Å²) in [7, 11) is 0. The minimum atomic E-state index is -0.646. The van der Waals surface area contributed by atoms with Gasteiger partial charge in [-0.1, -0.05) is 121 Å². The van der Waals surface area contributed by atoms with Crippen LogP contribution in [0.4, 0.5) is 0 Å². The van der Waals surface area contributed by atoms with Gasteiger partial charge in [-0.2, -0.15) is 0 Å². The molecule has 2 heterocycles. The molecule has 0 aliphatic carbocycles. The molecule has 0 aromatic heterocycles. The van der Waals surface area contributed by atoms with Gasteiger partial charge >= 0.3 is 16.5 Å². The Morgan fingerprint density at radius 3 is 1.08 bits per heavy atom. The van der Waals surface area contributed by atoms with Gasteiger partial charge in [-0.15, -0.1) is 0 Å². The average Bonchev–Trinajstić information content (AvgIpc) is 3.62. The summed E-state index contributed by atoms with van der Waals surface area (Å²) in [6.45, 7) is 4.19. The van der Waals surface area contributed by atoms with Crippen molar-refractivity contribution in [2.75, 3.05) is 0 Å². The van der Waals surface area contributed by atoms with E-state index in [1.807, 2.05) is 48.5 Å². The zero-order valence-electron chi connectivity index (χ0n) is 21.4. The largest absolute Gasteiger partial charge is 2.00 e. The number of aliphatic imine (C=N–C) groups is 2. The van der Waals surface area contributed by atoms with E-state index in [1.54, 1.807) is 0 Å². The van der Waals surface area contributed by atoms with Crippen molar-refractivity contribution in [3.63, 3.8) is 0 Å². The van der Waals surface area contributed by atoms with Crippen molar-refractivity contribution in [3.05, 3.63) is 144 Å². The molecule has 4 nitrogen and oxygen atoms in total. The molecule has 38 heavy (non-hydrogen) atoms. The van der Waals surface area contributed by atoms with E-state index in [9.17, 15) is 0 Å². The van der Waals surface area contributed by atoms with Gasteiger partial charge in [0, 0.05) is 0 Å². The molecule has 6 rings (SSSR count). The average molecular weight is 545 g/mol. The fourth-order valence-corrected chi connectivity index (χ4v) is 5.11. The molecule has 0 saturated carbocycles. The molecular weight excluding hydrogens is 515 g/mol. The quantitative estimate of drug-likeness (QED) is 0.232. The molecule has 4 aromatic carbocycles. The maximum absolute atomic E-state index is 6.66. The first-order valence-corrected chi connectivity index (χ1v) is 12.8. The summed E-state index contributed by atoms with van der Waals surface area (Å²) in [5.41, 5.74) is 3.81. The van der Waals surface area contributed by atoms with E-state index < -0.39 is 5.41 Å². The zero-order valence-corrected chi connectivity index (χ0v) is 22.4. The first-order valence-electron chi connectivity index (χ1n) is 12.8. The van der Waals surface area contributed by atoms with Crippen LogP contribution >= 0.6 is 0 Å². The first kappa shape index (κ1) is 25.9. The van der Waals surface area contributed by atoms with Crippen molar-refractivity contribution in [2.24, 2.45) is 15.4 Å². The molecule has 2 aliphatic rings. The van der Waals surface area contributed by atoms with Crippen LogP contribution < -0.4 is 0 Å². The minimum Gasteiger partial charge on any atom is -0.469 e. The molecular formula is C33H30N2NiO2+2. The van der Waals surface area contributed by atoms with Gasteiger partial charge in [0.2, 0.25) is 0 Å². The van der Waals surface area contributed by atoms with Gasteiger partial charge in [-0.25, -0.2) is 9.98 Å². The predicted octanol–water partition coefficient (Wildman–Crippen LogP) is 7.83. The molecule has 192 valence electrons. The van der Waals surface area contributed by atoms with Crippen LogP contribution in [0.25, 0.3) is 0 Å². The summed E-state index contributed by atoms with van der Waals surface area (Å²) in [6.07, 6.45) is -0.426. The first-order chi connectivity index (χ1) is 18.1. The number of hydrogen-bond acceptors (Lipinski definition) is 4. The van der Waals surface area contributed by atoms with Crippen molar-refractivity contribution < 1.29 is 26.0 Å². The summed E-state index contributed by atoms with van der Waals surface area (Å²) < 4.78 is 13.3. The fourth-order valence-electron chi connectivity index (χ4n) is 5.11. The van der Waals surface area contributed by atoms with Gasteiger partial charge < -0.3 is 9.47 Å². The fraction of sp³-hybridized carbons (Fsp3) is 0.212. The third-order valence-corrected chi connectivity index (χ3v) is 7.17. The molecule has 0 amide bonds. The normalized spacial score (nSPS) is 22.5. The van der Waals surface area contributed by atoms with Crippen LogP contribution in [0.2, 0.25) is 0 Å². The zero-order chi connectivity index (χ0) is 25.2. The van der Waals surface area contributed by atoms with Crippen molar-refractivity contribution in [2.45, 2.75) is 38.1 Å². The third-order valence-electron chi connectivity index (χ3n) is 7.17. The summed E-state index contributed by atoms with van der Waals surface area (Å²) >= 11 is 0. The third kappa shape index (κ3) is 4.91. The topological polar surface area (TPSA) is 43.2 Å². The maximum Gasteiger partial charge on any atom is 2.00 e. The molecule has 4 unspecified atom stereocenters. The number of ether oxygens (including phenoxy) is 2. The van der Waals surface area contributed by atoms with Gasteiger partial charge in [0.25, 0.3) is 0 Å². The van der Waals surface area contributed by atoms with Crippen LogP contribution in [0.3, 0.4) is 0 Å². The SMILES string of the molecule is CC(C)(C1=NC(c2ccccc2)C(c2ccccc2)O1)C1=NC(c2ccccc2)C(c2ccccc2)O1.[Ni+2]. The number of nitrogens with zero attached hydrogens (tertiary/aromatic N) is 2. The smallest absolute Gasteiger partial charge is 0.469 e. The van der Waals surface area contributed by atoms with Gasteiger partial charge in [0.1, 0.15) is 17.5 Å². The van der Waals surface area contributed by atoms with Gasteiger partial charge in [-0.3, -0.25) is 0 Å². The molecule has 0 radical (unpaired) electrons. The molecule has 4 aromatic rings. The summed E-state index contributed by atoms with van der Waals surface area (Å²) in [4.78, 5) is 10.3. The van der Waals surface area contributed by atoms with E-state index in [4.69, 9.17) is 19.5 Å². The molecule has 0 N–H and O–H groups in total. The summed E-state index contributed by atoms with van der Waals surface area (Å²) in [5, 5.41) is 0. The minimum absolute atomic E-state index is 0. The Bertz CT molecular complexity index is 1300. The number of rotatable bonds is 6. The standard InChI is InChI=1S/C33H30N2O2.Ni/c1-33(2,31-34-27(23-15-7-3-8-16-23)29(36-31)25-19-11-5-12-20-25)32-35-28(24-17-9-4-10-18-24)30(37-32)26-21-13-6-14-22-26;/h3-22,27-30H,1-2H3;/q;+2. The van der Waals surface area contributed by atoms with Gasteiger partial charge in [0.15, 0.2) is 24.0 Å². The molecule has 0 saturated heterocycles. The van der Waals surface area contributed by atoms with Crippen LogP contribution in [-0.4, -0.2) is 11.8 Å². The molecule has 0 bridgehead atoms. The molecule has 5 heteroatoms. The Morgan fingerprint density at radius 2 is 0.763 bits per heavy atom. The Hall–Kier alpha value is -3.69. The van der Waals surface area contributed by atoms with E-state index in [0.29, 0.717) is 11.8 Å². The van der Waals surface area contributed by atoms with E-state index in [0.717, 1.165) is 22.3 Å². The Balaban J connectivity index is 0.00000294. The second kappa shape index (κ2) is 11.0. The van der Waals surface area contributed by atoms with Crippen molar-refractivity contribution in [3.8, 4) is 0 Å². The number of benzene rings is 4. The summed E-state index contributed by atoms with van der Waals surface area (Å²) in [5.74, 6) is 1.30. The van der Waals surface area contributed by atoms with Gasteiger partial charge in [0.05, 0.1) is 0 Å². The van der Waals surface area contributed by atoms with Crippen molar-refractivity contribution in [1.82, 2.24) is 0 Å². The Labute approximate surface area is 234 Å². The Morgan fingerprint density at radius 1 is 0.474 bits per heavy atom. The van der Waals surface area contributed by atoms with Gasteiger partial charge in [-0.05, 0) is 36.1 Å². The van der Waals surface area contributed by atoms with Crippen molar-refractivity contribution >= 4 is 11.8 Å². The molecule has 0 fully saturated rings. The summed E-state index contributed by atoms with van der Waals surface area (Å²) in [6, 6.07) is 41.1. The van der Waals surface area contributed by atoms with Crippen LogP contribution in [0.5, 0.6) is 0 Å². The van der Waals surface area contributed by atoms with E-state index in [1.165, 1.54) is 0 Å². The van der Waals surface area contributed by atoms with Crippen LogP contribution in [0.1, 0.15) is 60.4 Å². The maximum atomic E-state index is 6.66. The Kier molecular flexibility index (Phi) is 7.49. The number of hydrogen-bond donors (Lipinski definition) is 0. The molecule has 4 atom stereocenters. The van der Waals surface area contributed by atoms with Crippen LogP contribution in [-0.2, 0) is 26.0 Å². The van der Waals surface area contributed by atoms with Crippen molar-refractivity contribution in [1.29, 1.82) is 0 Å². The van der Waals surface area contributed by atoms with E-state index >= 15 is 0 Å². The second-order valence-electron chi connectivity index (χ2n) is 10.1. The van der Waals surface area contributed by atoms with Crippen LogP contribution in [0, 0.1) is 5.41 Å². The predicted molar refractivity (Wildman–Crippen MR) is 148 cm³/mol.